The first-order valence-electron chi connectivity index (χ1n) is 2.05. The Labute approximate surface area is 78.3 Å². The van der Waals surface area contributed by atoms with Crippen molar-refractivity contribution in [1.82, 2.24) is 0 Å². The molecule has 0 aromatic heterocycles. The van der Waals surface area contributed by atoms with E-state index >= 15 is 0 Å². The summed E-state index contributed by atoms with van der Waals surface area (Å²) in [5.41, 5.74) is 0. The molecule has 0 aromatic rings. The van der Waals surface area contributed by atoms with Gasteiger partial charge in [0.25, 0.3) is 0 Å². The Morgan fingerprint density at radius 3 is 1.80 bits per heavy atom. The molecule has 1 aliphatic rings. The molecular formula is C3H5Cl4FeN2. The van der Waals surface area contributed by atoms with Crippen LogP contribution in [0.15, 0.2) is 17.4 Å². The van der Waals surface area contributed by atoms with Crippen molar-refractivity contribution in [3.8, 4) is 0 Å². The first-order chi connectivity index (χ1) is 4.50. The standard InChI is InChI=1S/C3H4N2.4ClH.Fe/c1-2-5-3-4-1;;;;;/h1-3H,(H,4,5);4*1H;/q;;;;;+3/p-3. The van der Waals surface area contributed by atoms with Crippen molar-refractivity contribution in [1.29, 1.82) is 0 Å². The normalized spacial score (nSPS) is 16.4. The molecule has 0 spiro atoms. The second kappa shape index (κ2) is 5.67. The fraction of sp³-hybridized carbons (Fsp3) is 0. The quantitative estimate of drug-likeness (QED) is 0.648. The zero-order valence-corrected chi connectivity index (χ0v) is 8.75. The van der Waals surface area contributed by atoms with Crippen LogP contribution >= 0.6 is 40.4 Å². The third-order valence-corrected chi connectivity index (χ3v) is 0.455. The average molecular weight is 267 g/mol. The first kappa shape index (κ1) is 11.0. The summed E-state index contributed by atoms with van der Waals surface area (Å²) in [4.78, 5) is 3.72. The van der Waals surface area contributed by atoms with E-state index in [1.54, 1.807) is 12.5 Å². The summed E-state index contributed by atoms with van der Waals surface area (Å²) in [7, 11) is 17.2. The molecule has 0 aromatic carbocycles. The van der Waals surface area contributed by atoms with E-state index < -0.39 is 9.20 Å². The Hall–Kier alpha value is 1.05. The molecule has 1 heterocycles. The Kier molecular flexibility index (Phi) is 6.26. The second-order valence-corrected chi connectivity index (χ2v) is 12.1. The molecule has 63 valence electrons. The molecule has 0 bridgehead atoms. The van der Waals surface area contributed by atoms with Gasteiger partial charge in [0.05, 0.1) is 6.20 Å². The van der Waals surface area contributed by atoms with Crippen molar-refractivity contribution in [2.75, 3.05) is 0 Å². The SMILES string of the molecule is C1=C[NH2+]C=N1.[Cl][Fe-]([Cl])([Cl])[Cl]. The van der Waals surface area contributed by atoms with E-state index in [1.807, 2.05) is 11.5 Å². The summed E-state index contributed by atoms with van der Waals surface area (Å²) >= 11 is 0. The number of hydrogen-bond acceptors (Lipinski definition) is 1. The van der Waals surface area contributed by atoms with Gasteiger partial charge in [-0.1, -0.05) is 0 Å². The van der Waals surface area contributed by atoms with Gasteiger partial charge in [-0.2, -0.15) is 0 Å². The number of quaternary nitrogens is 1. The molecule has 10 heavy (non-hydrogen) atoms. The molecule has 1 aliphatic heterocycles. The van der Waals surface area contributed by atoms with Crippen LogP contribution in [-0.4, -0.2) is 6.34 Å². The molecular weight excluding hydrogens is 262 g/mol. The van der Waals surface area contributed by atoms with Gasteiger partial charge in [0.2, 0.25) is 0 Å². The van der Waals surface area contributed by atoms with Crippen LogP contribution in [-0.2, 0) is 9.20 Å². The van der Waals surface area contributed by atoms with Crippen molar-refractivity contribution in [2.24, 2.45) is 4.99 Å². The van der Waals surface area contributed by atoms with Crippen molar-refractivity contribution in [2.45, 2.75) is 0 Å². The molecule has 0 fully saturated rings. The number of aliphatic imine (C=N–C) groups is 1. The fourth-order valence-electron chi connectivity index (χ4n) is 0.248. The number of hydrogen-bond donors (Lipinski definition) is 1. The van der Waals surface area contributed by atoms with Gasteiger partial charge in [-0.25, -0.2) is 4.99 Å². The van der Waals surface area contributed by atoms with Gasteiger partial charge in [0.15, 0.2) is 6.34 Å². The number of halogens is 4. The van der Waals surface area contributed by atoms with E-state index in [2.05, 4.69) is 4.99 Å². The molecule has 0 atom stereocenters. The van der Waals surface area contributed by atoms with Crippen LogP contribution in [0.3, 0.4) is 0 Å². The van der Waals surface area contributed by atoms with Crippen LogP contribution in [0.1, 0.15) is 0 Å². The average Bonchev–Trinajstić information content (AvgIpc) is 2.07. The topological polar surface area (TPSA) is 29.0 Å². The van der Waals surface area contributed by atoms with Gasteiger partial charge in [0.1, 0.15) is 6.20 Å². The predicted octanol–water partition coefficient (Wildman–Crippen LogP) is 1.82. The zero-order valence-electron chi connectivity index (χ0n) is 4.62. The summed E-state index contributed by atoms with van der Waals surface area (Å²) in [5, 5.41) is 1.89. The van der Waals surface area contributed by atoms with Gasteiger partial charge in [0, 0.05) is 0 Å². The molecule has 0 saturated heterocycles. The van der Waals surface area contributed by atoms with Crippen molar-refractivity contribution >= 4 is 46.7 Å². The summed E-state index contributed by atoms with van der Waals surface area (Å²) in [6.45, 7) is 0. The maximum atomic E-state index is 4.95. The summed E-state index contributed by atoms with van der Waals surface area (Å²) in [6.07, 6.45) is 5.39. The van der Waals surface area contributed by atoms with E-state index in [0.717, 1.165) is 0 Å². The molecule has 0 saturated carbocycles. The molecule has 2 N–H and O–H groups in total. The summed E-state index contributed by atoms with van der Waals surface area (Å²) in [5.74, 6) is 0. The number of rotatable bonds is 0. The Morgan fingerprint density at radius 2 is 1.70 bits per heavy atom. The van der Waals surface area contributed by atoms with Crippen LogP contribution in [0.2, 0.25) is 0 Å². The predicted molar refractivity (Wildman–Crippen MR) is 43.0 cm³/mol. The van der Waals surface area contributed by atoms with Crippen LogP contribution in [0.25, 0.3) is 0 Å². The molecule has 0 unspecified atom stereocenters. The van der Waals surface area contributed by atoms with Crippen molar-refractivity contribution in [3.05, 3.63) is 12.4 Å². The number of nitrogens with two attached hydrogens (primary N) is 1. The van der Waals surface area contributed by atoms with E-state index in [1.165, 1.54) is 0 Å². The first-order valence-corrected chi connectivity index (χ1v) is 8.13. The monoisotopic (exact) mass is 265 g/mol. The van der Waals surface area contributed by atoms with Crippen molar-refractivity contribution in [3.63, 3.8) is 0 Å². The third-order valence-electron chi connectivity index (χ3n) is 0.455. The molecule has 1 rings (SSSR count). The molecule has 2 nitrogen and oxygen atoms in total. The summed E-state index contributed by atoms with van der Waals surface area (Å²) < 4.78 is 0. The maximum absolute atomic E-state index is 4.95. The molecule has 7 heteroatoms. The Bertz CT molecular complexity index is 124. The van der Waals surface area contributed by atoms with E-state index in [9.17, 15) is 0 Å². The van der Waals surface area contributed by atoms with E-state index in [-0.39, 0.29) is 0 Å². The Morgan fingerprint density at radius 1 is 1.20 bits per heavy atom. The summed E-state index contributed by atoms with van der Waals surface area (Å²) in [6, 6.07) is 0. The van der Waals surface area contributed by atoms with Gasteiger partial charge >= 0.3 is 49.6 Å². The van der Waals surface area contributed by atoms with Gasteiger partial charge < -0.3 is 0 Å². The van der Waals surface area contributed by atoms with Gasteiger partial charge in [-0.3, -0.25) is 5.32 Å². The fourth-order valence-corrected chi connectivity index (χ4v) is 0.248. The zero-order chi connectivity index (χ0) is 8.04. The molecule has 0 aliphatic carbocycles. The van der Waals surface area contributed by atoms with Crippen LogP contribution in [0.4, 0.5) is 0 Å². The van der Waals surface area contributed by atoms with Gasteiger partial charge in [-0.05, 0) is 0 Å². The van der Waals surface area contributed by atoms with Crippen LogP contribution < -0.4 is 5.32 Å². The molecule has 0 amide bonds. The van der Waals surface area contributed by atoms with Crippen molar-refractivity contribution < 1.29 is 14.5 Å². The van der Waals surface area contributed by atoms with E-state index in [4.69, 9.17) is 40.4 Å². The minimum atomic E-state index is -2.61. The van der Waals surface area contributed by atoms with Crippen LogP contribution in [0.5, 0.6) is 0 Å². The van der Waals surface area contributed by atoms with E-state index in [0.29, 0.717) is 0 Å². The van der Waals surface area contributed by atoms with Gasteiger partial charge in [-0.15, -0.1) is 0 Å². The third kappa shape index (κ3) is 16.0. The van der Waals surface area contributed by atoms with Crippen LogP contribution in [0, 0.1) is 0 Å². The number of nitrogens with zero attached hydrogens (tertiary/aromatic N) is 1. The molecule has 0 radical (unpaired) electrons. The minimum absolute atomic E-state index is 1.75. The second-order valence-electron chi connectivity index (χ2n) is 1.14. The Balaban J connectivity index is 0.000000162.